The van der Waals surface area contributed by atoms with Crippen molar-refractivity contribution in [1.29, 1.82) is 0 Å². The second-order valence-electron chi connectivity index (χ2n) is 6.26. The van der Waals surface area contributed by atoms with E-state index in [1.165, 1.54) is 5.56 Å². The van der Waals surface area contributed by atoms with Crippen LogP contribution < -0.4 is 15.4 Å². The van der Waals surface area contributed by atoms with E-state index in [2.05, 4.69) is 22.8 Å². The number of rotatable bonds is 7. The van der Waals surface area contributed by atoms with Crippen molar-refractivity contribution in [2.24, 2.45) is 0 Å². The molecule has 0 heterocycles. The lowest BCUT2D eigenvalue weighted by Gasteiger charge is -2.12. The molecule has 0 amide bonds. The van der Waals surface area contributed by atoms with Crippen LogP contribution in [0.3, 0.4) is 0 Å². The van der Waals surface area contributed by atoms with Gasteiger partial charge in [0, 0.05) is 17.3 Å². The van der Waals surface area contributed by atoms with Gasteiger partial charge in [-0.3, -0.25) is 0 Å². The number of aryl methyl sites for hydroxylation is 2. The molecule has 134 valence electrons. The predicted octanol–water partition coefficient (Wildman–Crippen LogP) is 5.35. The van der Waals surface area contributed by atoms with E-state index in [-0.39, 0.29) is 6.10 Å². The zero-order valence-electron chi connectivity index (χ0n) is 14.9. The molecule has 2 aromatic rings. The quantitative estimate of drug-likeness (QED) is 0.503. The largest absolute Gasteiger partial charge is 0.491 e. The van der Waals surface area contributed by atoms with Crippen molar-refractivity contribution < 1.29 is 4.74 Å². The molecule has 0 bridgehead atoms. The highest BCUT2D eigenvalue weighted by atomic mass is 35.5. The predicted molar refractivity (Wildman–Crippen MR) is 111 cm³/mol. The standard InChI is InChI=1S/C20H25ClN2OS/c1-14(2)24-18-10-7-16(8-11-18)5-4-12-22-20(25)23-17-9-6-15(3)19(21)13-17/h6-11,13-14H,4-5,12H2,1-3H3,(H2,22,23,25). The third-order valence-electron chi connectivity index (χ3n) is 3.65. The zero-order valence-corrected chi connectivity index (χ0v) is 16.5. The number of anilines is 1. The molecule has 0 atom stereocenters. The second-order valence-corrected chi connectivity index (χ2v) is 7.07. The van der Waals surface area contributed by atoms with Gasteiger partial charge in [-0.05, 0) is 81.2 Å². The van der Waals surface area contributed by atoms with E-state index in [9.17, 15) is 0 Å². The summed E-state index contributed by atoms with van der Waals surface area (Å²) in [6, 6.07) is 14.1. The van der Waals surface area contributed by atoms with Gasteiger partial charge in [0.05, 0.1) is 6.10 Å². The molecule has 0 aliphatic carbocycles. The Morgan fingerprint density at radius 3 is 2.52 bits per heavy atom. The average Bonchev–Trinajstić information content (AvgIpc) is 2.56. The van der Waals surface area contributed by atoms with E-state index in [1.54, 1.807) is 0 Å². The van der Waals surface area contributed by atoms with Gasteiger partial charge in [0.1, 0.15) is 5.75 Å². The minimum atomic E-state index is 0.201. The Morgan fingerprint density at radius 1 is 1.16 bits per heavy atom. The molecule has 0 aliphatic heterocycles. The summed E-state index contributed by atoms with van der Waals surface area (Å²) in [7, 11) is 0. The molecule has 0 saturated carbocycles. The van der Waals surface area contributed by atoms with Crippen LogP contribution in [0.15, 0.2) is 42.5 Å². The first kappa shape index (κ1) is 19.5. The van der Waals surface area contributed by atoms with Crippen LogP contribution in [0.5, 0.6) is 5.75 Å². The fraction of sp³-hybridized carbons (Fsp3) is 0.350. The maximum absolute atomic E-state index is 6.12. The van der Waals surface area contributed by atoms with Crippen LogP contribution in [-0.4, -0.2) is 17.8 Å². The van der Waals surface area contributed by atoms with Crippen LogP contribution in [-0.2, 0) is 6.42 Å². The molecular formula is C20H25ClN2OS. The van der Waals surface area contributed by atoms with Gasteiger partial charge in [-0.25, -0.2) is 0 Å². The molecule has 2 rings (SSSR count). The molecule has 0 spiro atoms. The highest BCUT2D eigenvalue weighted by molar-refractivity contribution is 7.80. The van der Waals surface area contributed by atoms with Gasteiger partial charge in [0.15, 0.2) is 5.11 Å². The number of halogens is 1. The number of nitrogens with one attached hydrogen (secondary N) is 2. The Bertz CT molecular complexity index is 701. The van der Waals surface area contributed by atoms with Gasteiger partial charge in [-0.2, -0.15) is 0 Å². The number of hydrogen-bond acceptors (Lipinski definition) is 2. The zero-order chi connectivity index (χ0) is 18.2. The van der Waals surface area contributed by atoms with Gasteiger partial charge >= 0.3 is 0 Å². The molecule has 0 fully saturated rings. The fourth-order valence-electron chi connectivity index (χ4n) is 2.35. The number of hydrogen-bond donors (Lipinski definition) is 2. The minimum Gasteiger partial charge on any atom is -0.491 e. The Morgan fingerprint density at radius 2 is 1.88 bits per heavy atom. The summed E-state index contributed by atoms with van der Waals surface area (Å²) in [5.41, 5.74) is 3.24. The van der Waals surface area contributed by atoms with Crippen molar-refractivity contribution >= 4 is 34.6 Å². The lowest BCUT2D eigenvalue weighted by Crippen LogP contribution is -2.29. The molecule has 0 aliphatic rings. The van der Waals surface area contributed by atoms with Crippen molar-refractivity contribution in [2.45, 2.75) is 39.7 Å². The van der Waals surface area contributed by atoms with Crippen LogP contribution in [0.2, 0.25) is 5.02 Å². The van der Waals surface area contributed by atoms with Crippen LogP contribution in [0, 0.1) is 6.92 Å². The lowest BCUT2D eigenvalue weighted by molar-refractivity contribution is 0.242. The van der Waals surface area contributed by atoms with Gasteiger partial charge in [0.25, 0.3) is 0 Å². The molecule has 2 N–H and O–H groups in total. The first-order valence-corrected chi connectivity index (χ1v) is 9.29. The van der Waals surface area contributed by atoms with Crippen molar-refractivity contribution in [3.63, 3.8) is 0 Å². The molecular weight excluding hydrogens is 352 g/mol. The summed E-state index contributed by atoms with van der Waals surface area (Å²) >= 11 is 11.4. The van der Waals surface area contributed by atoms with Crippen LogP contribution in [0.25, 0.3) is 0 Å². The van der Waals surface area contributed by atoms with Crippen LogP contribution in [0.4, 0.5) is 5.69 Å². The van der Waals surface area contributed by atoms with E-state index in [4.69, 9.17) is 28.6 Å². The van der Waals surface area contributed by atoms with Gasteiger partial charge in [0.2, 0.25) is 0 Å². The highest BCUT2D eigenvalue weighted by Gasteiger charge is 2.01. The Kier molecular flexibility index (Phi) is 7.53. The molecule has 25 heavy (non-hydrogen) atoms. The maximum atomic E-state index is 6.12. The first-order chi connectivity index (χ1) is 11.9. The van der Waals surface area contributed by atoms with Crippen molar-refractivity contribution in [2.75, 3.05) is 11.9 Å². The summed E-state index contributed by atoms with van der Waals surface area (Å²) in [5.74, 6) is 0.916. The number of ether oxygens (including phenoxy) is 1. The molecule has 0 radical (unpaired) electrons. The van der Waals surface area contributed by atoms with Crippen molar-refractivity contribution in [3.8, 4) is 5.75 Å². The van der Waals surface area contributed by atoms with E-state index in [1.807, 2.05) is 51.1 Å². The number of thiocarbonyl (C=S) groups is 1. The normalized spacial score (nSPS) is 10.6. The van der Waals surface area contributed by atoms with Crippen molar-refractivity contribution in [1.82, 2.24) is 5.32 Å². The molecule has 5 heteroatoms. The third-order valence-corrected chi connectivity index (χ3v) is 4.31. The summed E-state index contributed by atoms with van der Waals surface area (Å²) in [5, 5.41) is 7.72. The minimum absolute atomic E-state index is 0.201. The lowest BCUT2D eigenvalue weighted by atomic mass is 10.1. The summed E-state index contributed by atoms with van der Waals surface area (Å²) in [4.78, 5) is 0. The molecule has 0 saturated heterocycles. The summed E-state index contributed by atoms with van der Waals surface area (Å²) in [6.07, 6.45) is 2.20. The summed E-state index contributed by atoms with van der Waals surface area (Å²) in [6.45, 7) is 6.85. The Labute approximate surface area is 160 Å². The molecule has 2 aromatic carbocycles. The highest BCUT2D eigenvalue weighted by Crippen LogP contribution is 2.19. The topological polar surface area (TPSA) is 33.3 Å². The number of benzene rings is 2. The van der Waals surface area contributed by atoms with E-state index in [0.717, 1.165) is 41.4 Å². The monoisotopic (exact) mass is 376 g/mol. The average molecular weight is 377 g/mol. The third kappa shape index (κ3) is 6.92. The van der Waals surface area contributed by atoms with Gasteiger partial charge in [-0.1, -0.05) is 29.8 Å². The van der Waals surface area contributed by atoms with E-state index in [0.29, 0.717) is 5.11 Å². The molecule has 3 nitrogen and oxygen atoms in total. The van der Waals surface area contributed by atoms with Crippen LogP contribution in [0.1, 0.15) is 31.4 Å². The SMILES string of the molecule is Cc1ccc(NC(=S)NCCCc2ccc(OC(C)C)cc2)cc1Cl. The fourth-order valence-corrected chi connectivity index (χ4v) is 2.75. The second kappa shape index (κ2) is 9.64. The summed E-state index contributed by atoms with van der Waals surface area (Å²) < 4.78 is 5.65. The van der Waals surface area contributed by atoms with Gasteiger partial charge < -0.3 is 15.4 Å². The smallest absolute Gasteiger partial charge is 0.170 e. The Hall–Kier alpha value is -1.78. The van der Waals surface area contributed by atoms with Crippen molar-refractivity contribution in [3.05, 3.63) is 58.6 Å². The maximum Gasteiger partial charge on any atom is 0.170 e. The first-order valence-electron chi connectivity index (χ1n) is 8.50. The van der Waals surface area contributed by atoms with Crippen LogP contribution >= 0.6 is 23.8 Å². The molecule has 0 aromatic heterocycles. The van der Waals surface area contributed by atoms with Gasteiger partial charge in [-0.15, -0.1) is 0 Å². The van der Waals surface area contributed by atoms with E-state index < -0.39 is 0 Å². The molecule has 0 unspecified atom stereocenters. The van der Waals surface area contributed by atoms with E-state index >= 15 is 0 Å². The Balaban J connectivity index is 1.69.